The lowest BCUT2D eigenvalue weighted by Gasteiger charge is -2.30. The van der Waals surface area contributed by atoms with Gasteiger partial charge in [0, 0.05) is 11.1 Å². The first-order valence-corrected chi connectivity index (χ1v) is 9.74. The second kappa shape index (κ2) is 6.21. The van der Waals surface area contributed by atoms with Gasteiger partial charge in [-0.25, -0.2) is 0 Å². The van der Waals surface area contributed by atoms with Crippen molar-refractivity contribution in [3.63, 3.8) is 0 Å². The van der Waals surface area contributed by atoms with Gasteiger partial charge in [-0.15, -0.1) is 0 Å². The lowest BCUT2D eigenvalue weighted by molar-refractivity contribution is 0.414. The Balaban J connectivity index is 2.03. The maximum absolute atomic E-state index is 6.35. The molecule has 0 N–H and O–H groups in total. The fourth-order valence-electron chi connectivity index (χ4n) is 2.88. The topological polar surface area (TPSA) is 27.7 Å². The molecule has 0 aromatic heterocycles. The molecule has 3 nitrogen and oxygen atoms in total. The Bertz CT molecular complexity index is 724. The second-order valence-electron chi connectivity index (χ2n) is 8.63. The van der Waals surface area contributed by atoms with Crippen molar-refractivity contribution in [3.05, 3.63) is 53.1 Å². The van der Waals surface area contributed by atoms with Crippen LogP contribution in [0.15, 0.2) is 36.4 Å². The van der Waals surface area contributed by atoms with Crippen molar-refractivity contribution in [2.75, 3.05) is 0 Å². The van der Waals surface area contributed by atoms with E-state index in [2.05, 4.69) is 60.6 Å². The van der Waals surface area contributed by atoms with E-state index in [0.717, 1.165) is 17.2 Å². The molecule has 0 saturated carbocycles. The zero-order chi connectivity index (χ0) is 18.4. The Hall–Kier alpha value is -1.73. The van der Waals surface area contributed by atoms with Gasteiger partial charge in [0.05, 0.1) is 0 Å². The molecular formula is C21H27O3P. The summed E-state index contributed by atoms with van der Waals surface area (Å²) in [6, 6.07) is 12.1. The van der Waals surface area contributed by atoms with Crippen molar-refractivity contribution in [1.82, 2.24) is 0 Å². The highest BCUT2D eigenvalue weighted by atomic mass is 31.2. The fraction of sp³-hybridized carbons (Fsp3) is 0.429. The highest BCUT2D eigenvalue weighted by Crippen LogP contribution is 2.55. The zero-order valence-corrected chi connectivity index (χ0v) is 17.0. The summed E-state index contributed by atoms with van der Waals surface area (Å²) in [7, 11) is -1.48. The van der Waals surface area contributed by atoms with Crippen molar-refractivity contribution in [2.45, 2.75) is 59.3 Å². The summed E-state index contributed by atoms with van der Waals surface area (Å²) in [5, 5.41) is 0. The van der Waals surface area contributed by atoms with Crippen LogP contribution in [0.5, 0.6) is 17.2 Å². The van der Waals surface area contributed by atoms with Crippen LogP contribution in [0, 0.1) is 6.92 Å². The van der Waals surface area contributed by atoms with Gasteiger partial charge in [-0.2, -0.15) is 0 Å². The van der Waals surface area contributed by atoms with Gasteiger partial charge < -0.3 is 13.6 Å². The number of hydrogen-bond acceptors (Lipinski definition) is 3. The number of rotatable bonds is 2. The first-order chi connectivity index (χ1) is 11.6. The van der Waals surface area contributed by atoms with Crippen LogP contribution in [-0.2, 0) is 10.8 Å². The van der Waals surface area contributed by atoms with Gasteiger partial charge in [0.15, 0.2) is 11.5 Å². The van der Waals surface area contributed by atoms with E-state index in [4.69, 9.17) is 13.6 Å². The van der Waals surface area contributed by atoms with Crippen LogP contribution in [0.25, 0.3) is 0 Å². The highest BCUT2D eigenvalue weighted by Gasteiger charge is 2.34. The molecule has 0 radical (unpaired) electrons. The van der Waals surface area contributed by atoms with Crippen LogP contribution in [-0.4, -0.2) is 0 Å². The standard InChI is InChI=1S/C21H27O3P/c1-14-12-15(20(2,3)4)19(16(13-14)21(5,6)7)24-25-22-17-10-8-9-11-18(17)23-25/h8-13H,1-7H3. The molecule has 0 bridgehead atoms. The molecule has 1 heterocycles. The first kappa shape index (κ1) is 18.1. The third kappa shape index (κ3) is 3.77. The summed E-state index contributed by atoms with van der Waals surface area (Å²) < 4.78 is 18.1. The van der Waals surface area contributed by atoms with E-state index < -0.39 is 8.60 Å². The molecule has 4 heteroatoms. The van der Waals surface area contributed by atoms with E-state index in [0.29, 0.717) is 0 Å². The highest BCUT2D eigenvalue weighted by molar-refractivity contribution is 7.43. The van der Waals surface area contributed by atoms with E-state index >= 15 is 0 Å². The summed E-state index contributed by atoms with van der Waals surface area (Å²) in [6.07, 6.45) is 0. The number of hydrogen-bond donors (Lipinski definition) is 0. The number of benzene rings is 2. The zero-order valence-electron chi connectivity index (χ0n) is 16.1. The predicted molar refractivity (Wildman–Crippen MR) is 104 cm³/mol. The van der Waals surface area contributed by atoms with Crippen LogP contribution in [0.3, 0.4) is 0 Å². The fourth-order valence-corrected chi connectivity index (χ4v) is 3.96. The lowest BCUT2D eigenvalue weighted by atomic mass is 9.78. The minimum absolute atomic E-state index is 0.0384. The van der Waals surface area contributed by atoms with E-state index in [1.165, 1.54) is 16.7 Å². The van der Waals surface area contributed by atoms with Gasteiger partial charge in [-0.05, 0) is 29.9 Å². The number of para-hydroxylation sites is 2. The minimum Gasteiger partial charge on any atom is -0.408 e. The predicted octanol–water partition coefficient (Wildman–Crippen LogP) is 6.67. The molecule has 1 aliphatic heterocycles. The smallest absolute Gasteiger partial charge is 0.408 e. The minimum atomic E-state index is -1.48. The molecule has 0 fully saturated rings. The summed E-state index contributed by atoms with van der Waals surface area (Å²) in [5.41, 5.74) is 3.53. The molecule has 0 spiro atoms. The molecular weight excluding hydrogens is 331 g/mol. The molecule has 25 heavy (non-hydrogen) atoms. The molecule has 0 unspecified atom stereocenters. The molecule has 134 valence electrons. The molecule has 2 aromatic carbocycles. The van der Waals surface area contributed by atoms with E-state index in [1.54, 1.807) is 0 Å². The van der Waals surface area contributed by atoms with E-state index in [1.807, 2.05) is 24.3 Å². The maximum Gasteiger partial charge on any atom is 0.530 e. The van der Waals surface area contributed by atoms with Crippen LogP contribution in [0.4, 0.5) is 0 Å². The normalized spacial score (nSPS) is 14.7. The van der Waals surface area contributed by atoms with Crippen molar-refractivity contribution in [1.29, 1.82) is 0 Å². The summed E-state index contributed by atoms with van der Waals surface area (Å²) in [6.45, 7) is 15.4. The largest absolute Gasteiger partial charge is 0.530 e. The van der Waals surface area contributed by atoms with Gasteiger partial charge in [-0.1, -0.05) is 71.4 Å². The Morgan fingerprint density at radius 1 is 0.800 bits per heavy atom. The molecule has 0 atom stereocenters. The molecule has 0 amide bonds. The molecule has 2 aromatic rings. The molecule has 1 aliphatic rings. The summed E-state index contributed by atoms with van der Waals surface area (Å²) in [5.74, 6) is 2.38. The third-order valence-electron chi connectivity index (χ3n) is 4.21. The van der Waals surface area contributed by atoms with Gasteiger partial charge in [-0.3, -0.25) is 0 Å². The average Bonchev–Trinajstić information content (AvgIpc) is 2.88. The molecule has 0 saturated heterocycles. The maximum atomic E-state index is 6.35. The van der Waals surface area contributed by atoms with Gasteiger partial charge >= 0.3 is 8.60 Å². The van der Waals surface area contributed by atoms with E-state index in [9.17, 15) is 0 Å². The Kier molecular flexibility index (Phi) is 4.49. The van der Waals surface area contributed by atoms with Crippen LogP contribution in [0.2, 0.25) is 0 Å². The quantitative estimate of drug-likeness (QED) is 0.561. The Morgan fingerprint density at radius 2 is 1.24 bits per heavy atom. The van der Waals surface area contributed by atoms with Gasteiger partial charge in [0.1, 0.15) is 5.75 Å². The molecule has 0 aliphatic carbocycles. The Labute approximate surface area is 152 Å². The lowest BCUT2D eigenvalue weighted by Crippen LogP contribution is -2.19. The van der Waals surface area contributed by atoms with Crippen molar-refractivity contribution < 1.29 is 13.6 Å². The van der Waals surface area contributed by atoms with Crippen LogP contribution < -0.4 is 13.6 Å². The second-order valence-corrected chi connectivity index (χ2v) is 9.63. The summed E-state index contributed by atoms with van der Waals surface area (Å²) in [4.78, 5) is 0. The van der Waals surface area contributed by atoms with Crippen LogP contribution in [0.1, 0.15) is 58.2 Å². The number of fused-ring (bicyclic) bond motifs is 1. The van der Waals surface area contributed by atoms with Crippen LogP contribution >= 0.6 is 8.60 Å². The summed E-state index contributed by atoms with van der Waals surface area (Å²) >= 11 is 0. The number of aryl methyl sites for hydroxylation is 1. The van der Waals surface area contributed by atoms with Gasteiger partial charge in [0.25, 0.3) is 0 Å². The SMILES string of the molecule is Cc1cc(C(C)(C)C)c(OP2Oc3ccccc3O2)c(C(C)(C)C)c1. The molecule has 3 rings (SSSR count). The van der Waals surface area contributed by atoms with E-state index in [-0.39, 0.29) is 10.8 Å². The monoisotopic (exact) mass is 358 g/mol. The van der Waals surface area contributed by atoms with Crippen molar-refractivity contribution in [3.8, 4) is 17.2 Å². The van der Waals surface area contributed by atoms with Crippen molar-refractivity contribution >= 4 is 8.60 Å². The van der Waals surface area contributed by atoms with Gasteiger partial charge in [0.2, 0.25) is 0 Å². The van der Waals surface area contributed by atoms with Crippen molar-refractivity contribution in [2.24, 2.45) is 0 Å². The Morgan fingerprint density at radius 3 is 1.64 bits per heavy atom. The first-order valence-electron chi connectivity index (χ1n) is 8.64. The third-order valence-corrected chi connectivity index (χ3v) is 5.23. The average molecular weight is 358 g/mol.